The fraction of sp³-hybridized carbons (Fsp3) is 0.276. The van der Waals surface area contributed by atoms with Gasteiger partial charge in [0.2, 0.25) is 5.91 Å². The van der Waals surface area contributed by atoms with Crippen LogP contribution >= 0.6 is 0 Å². The summed E-state index contributed by atoms with van der Waals surface area (Å²) in [6.07, 6.45) is 0. The zero-order valence-electron chi connectivity index (χ0n) is 21.6. The number of carbonyl (C=O) groups is 3. The quantitative estimate of drug-likeness (QED) is 0.480. The van der Waals surface area contributed by atoms with E-state index in [9.17, 15) is 14.4 Å². The molecule has 9 nitrogen and oxygen atoms in total. The number of aryl methyl sites for hydroxylation is 1. The third kappa shape index (κ3) is 4.14. The van der Waals surface area contributed by atoms with Gasteiger partial charge in [0.05, 0.1) is 38.5 Å². The van der Waals surface area contributed by atoms with Crippen LogP contribution in [0.4, 0.5) is 5.69 Å². The molecule has 1 N–H and O–H groups in total. The second kappa shape index (κ2) is 10.2. The molecule has 0 aromatic heterocycles. The lowest BCUT2D eigenvalue weighted by Gasteiger charge is -2.26. The maximum atomic E-state index is 13.9. The van der Waals surface area contributed by atoms with E-state index in [0.717, 1.165) is 10.5 Å². The van der Waals surface area contributed by atoms with E-state index in [2.05, 4.69) is 5.43 Å². The van der Waals surface area contributed by atoms with Crippen molar-refractivity contribution in [3.8, 4) is 17.2 Å². The minimum absolute atomic E-state index is 0.403. The number of amides is 3. The van der Waals surface area contributed by atoms with E-state index in [1.165, 1.54) is 19.2 Å². The molecule has 2 aliphatic heterocycles. The van der Waals surface area contributed by atoms with Crippen LogP contribution in [0.1, 0.15) is 34.5 Å². The average molecular weight is 516 g/mol. The molecule has 0 unspecified atom stereocenters. The van der Waals surface area contributed by atoms with E-state index < -0.39 is 35.7 Å². The number of ether oxygens (including phenoxy) is 3. The van der Waals surface area contributed by atoms with E-state index in [1.54, 1.807) is 54.6 Å². The Bertz CT molecular complexity index is 1370. The van der Waals surface area contributed by atoms with Crippen LogP contribution in [0, 0.1) is 12.8 Å². The smallest absolute Gasteiger partial charge is 0.268 e. The Morgan fingerprint density at radius 3 is 2.26 bits per heavy atom. The Kier molecular flexibility index (Phi) is 6.77. The molecule has 2 saturated heterocycles. The molecule has 0 radical (unpaired) electrons. The number of methoxy groups -OCH3 is 2. The number of anilines is 1. The van der Waals surface area contributed by atoms with Crippen molar-refractivity contribution in [3.05, 3.63) is 83.4 Å². The Hall–Kier alpha value is -4.37. The highest BCUT2D eigenvalue weighted by molar-refractivity contribution is 6.25. The molecular weight excluding hydrogens is 486 g/mol. The number of fused-ring (bicyclic) bond motifs is 1. The van der Waals surface area contributed by atoms with Crippen molar-refractivity contribution in [2.75, 3.05) is 25.7 Å². The van der Waals surface area contributed by atoms with Gasteiger partial charge >= 0.3 is 0 Å². The van der Waals surface area contributed by atoms with Gasteiger partial charge in [0, 0.05) is 11.1 Å². The lowest BCUT2D eigenvalue weighted by atomic mass is 9.90. The molecule has 3 amide bonds. The maximum absolute atomic E-state index is 13.9. The van der Waals surface area contributed by atoms with E-state index in [-0.39, 0.29) is 0 Å². The highest BCUT2D eigenvalue weighted by Gasteiger charge is 2.61. The van der Waals surface area contributed by atoms with Crippen molar-refractivity contribution < 1.29 is 28.6 Å². The molecule has 3 aromatic rings. The zero-order valence-corrected chi connectivity index (χ0v) is 21.6. The second-order valence-electron chi connectivity index (χ2n) is 9.14. The van der Waals surface area contributed by atoms with Crippen molar-refractivity contribution in [1.29, 1.82) is 0 Å². The van der Waals surface area contributed by atoms with Gasteiger partial charge in [-0.15, -0.1) is 0 Å². The summed E-state index contributed by atoms with van der Waals surface area (Å²) in [6.45, 7) is 4.30. The Morgan fingerprint density at radius 2 is 1.63 bits per heavy atom. The van der Waals surface area contributed by atoms with Crippen molar-refractivity contribution in [2.45, 2.75) is 25.9 Å². The van der Waals surface area contributed by atoms with E-state index in [0.29, 0.717) is 40.7 Å². The molecule has 0 spiro atoms. The highest BCUT2D eigenvalue weighted by Crippen LogP contribution is 2.46. The number of hydrazine groups is 1. The molecule has 5 rings (SSSR count). The normalized spacial score (nSPS) is 20.5. The molecule has 2 fully saturated rings. The van der Waals surface area contributed by atoms with Gasteiger partial charge in [0.1, 0.15) is 11.8 Å². The van der Waals surface area contributed by atoms with Crippen LogP contribution < -0.4 is 24.5 Å². The molecule has 2 heterocycles. The first kappa shape index (κ1) is 25.3. The minimum atomic E-state index is -1.05. The largest absolute Gasteiger partial charge is 0.494 e. The van der Waals surface area contributed by atoms with Gasteiger partial charge in [0.15, 0.2) is 11.5 Å². The van der Waals surface area contributed by atoms with Crippen molar-refractivity contribution >= 4 is 23.4 Å². The Balaban J connectivity index is 1.59. The number of hydrogen-bond donors (Lipinski definition) is 1. The lowest BCUT2D eigenvalue weighted by Crippen LogP contribution is -2.48. The van der Waals surface area contributed by atoms with Crippen LogP contribution in [0.25, 0.3) is 0 Å². The van der Waals surface area contributed by atoms with Gasteiger partial charge in [-0.1, -0.05) is 29.8 Å². The standard InChI is InChI=1S/C29H29N3O6/c1-5-38-20-15-13-19(14-16-20)31-28(34)23-24(21-7-6-8-22(36-3)26(21)37-4)30-32(25(23)29(31)35)27(33)18-11-9-17(2)10-12-18/h6-16,23-25,30H,5H2,1-4H3/t23-,24-,25-/m1/s1. The number of nitrogens with one attached hydrogen (secondary N) is 1. The zero-order chi connectivity index (χ0) is 27.0. The minimum Gasteiger partial charge on any atom is -0.494 e. The topological polar surface area (TPSA) is 97.4 Å². The summed E-state index contributed by atoms with van der Waals surface area (Å²) in [7, 11) is 3.04. The summed E-state index contributed by atoms with van der Waals surface area (Å²) in [5, 5.41) is 1.29. The van der Waals surface area contributed by atoms with Gasteiger partial charge in [-0.05, 0) is 56.3 Å². The molecule has 3 atom stereocenters. The van der Waals surface area contributed by atoms with Gasteiger partial charge in [0.25, 0.3) is 11.8 Å². The number of para-hydroxylation sites is 1. The summed E-state index contributed by atoms with van der Waals surface area (Å²) in [6, 6.07) is 17.4. The molecule has 0 saturated carbocycles. The number of carbonyl (C=O) groups excluding carboxylic acids is 3. The van der Waals surface area contributed by atoms with Crippen molar-refractivity contribution in [1.82, 2.24) is 10.4 Å². The van der Waals surface area contributed by atoms with Crippen LogP contribution in [-0.2, 0) is 9.59 Å². The molecule has 196 valence electrons. The predicted octanol–water partition coefficient (Wildman–Crippen LogP) is 3.67. The van der Waals surface area contributed by atoms with Gasteiger partial charge in [-0.2, -0.15) is 0 Å². The monoisotopic (exact) mass is 515 g/mol. The number of imide groups is 1. The van der Waals surface area contributed by atoms with Gasteiger partial charge in [-0.25, -0.2) is 10.3 Å². The SMILES string of the molecule is CCOc1ccc(N2C(=O)[C@@H]3[C@@H](c4cccc(OC)c4OC)NN(C(=O)c4ccc(C)cc4)[C@H]3C2=O)cc1. The summed E-state index contributed by atoms with van der Waals surface area (Å²) >= 11 is 0. The van der Waals surface area contributed by atoms with E-state index >= 15 is 0 Å². The Morgan fingerprint density at radius 1 is 0.921 bits per heavy atom. The molecule has 38 heavy (non-hydrogen) atoms. The van der Waals surface area contributed by atoms with Crippen molar-refractivity contribution in [2.24, 2.45) is 5.92 Å². The third-order valence-corrected chi connectivity index (χ3v) is 6.93. The number of benzene rings is 3. The third-order valence-electron chi connectivity index (χ3n) is 6.93. The fourth-order valence-electron chi connectivity index (χ4n) is 5.14. The first-order chi connectivity index (χ1) is 18.4. The molecular formula is C29H29N3O6. The van der Waals surface area contributed by atoms with Crippen LogP contribution in [0.15, 0.2) is 66.7 Å². The second-order valence-corrected chi connectivity index (χ2v) is 9.14. The first-order valence-corrected chi connectivity index (χ1v) is 12.4. The van der Waals surface area contributed by atoms with E-state index in [1.807, 2.05) is 26.0 Å². The number of nitrogens with zero attached hydrogens (tertiary/aromatic N) is 2. The summed E-state index contributed by atoms with van der Waals surface area (Å²) < 4.78 is 16.6. The Labute approximate surface area is 220 Å². The molecule has 2 aliphatic rings. The summed E-state index contributed by atoms with van der Waals surface area (Å²) in [4.78, 5) is 42.6. The first-order valence-electron chi connectivity index (χ1n) is 12.4. The molecule has 3 aromatic carbocycles. The lowest BCUT2D eigenvalue weighted by molar-refractivity contribution is -0.123. The summed E-state index contributed by atoms with van der Waals surface area (Å²) in [5.41, 5.74) is 5.59. The number of hydrogen-bond acceptors (Lipinski definition) is 7. The average Bonchev–Trinajstić information content (AvgIpc) is 3.45. The van der Waals surface area contributed by atoms with Crippen LogP contribution in [0.3, 0.4) is 0 Å². The van der Waals surface area contributed by atoms with Crippen LogP contribution in [0.5, 0.6) is 17.2 Å². The molecule has 0 aliphatic carbocycles. The van der Waals surface area contributed by atoms with Gasteiger partial charge < -0.3 is 14.2 Å². The van der Waals surface area contributed by atoms with Gasteiger partial charge in [-0.3, -0.25) is 19.4 Å². The van der Waals surface area contributed by atoms with E-state index in [4.69, 9.17) is 14.2 Å². The summed E-state index contributed by atoms with van der Waals surface area (Å²) in [5.74, 6) is -0.648. The maximum Gasteiger partial charge on any atom is 0.268 e. The number of rotatable bonds is 7. The van der Waals surface area contributed by atoms with Crippen LogP contribution in [-0.4, -0.2) is 49.6 Å². The molecule has 0 bridgehead atoms. The van der Waals surface area contributed by atoms with Crippen molar-refractivity contribution in [3.63, 3.8) is 0 Å². The van der Waals surface area contributed by atoms with Crippen LogP contribution in [0.2, 0.25) is 0 Å². The molecule has 9 heteroatoms. The fourth-order valence-corrected chi connectivity index (χ4v) is 5.14. The highest BCUT2D eigenvalue weighted by atomic mass is 16.5. The predicted molar refractivity (Wildman–Crippen MR) is 140 cm³/mol.